The zero-order chi connectivity index (χ0) is 10.4. The lowest BCUT2D eigenvalue weighted by Gasteiger charge is -1.93. The summed E-state index contributed by atoms with van der Waals surface area (Å²) >= 11 is 5.95. The summed E-state index contributed by atoms with van der Waals surface area (Å²) in [6.07, 6.45) is 2.39. The lowest BCUT2D eigenvalue weighted by Crippen LogP contribution is -2.00. The van der Waals surface area contributed by atoms with Gasteiger partial charge < -0.3 is 0 Å². The van der Waals surface area contributed by atoms with E-state index in [0.29, 0.717) is 11.6 Å². The maximum absolute atomic E-state index is 5.95. The summed E-state index contributed by atoms with van der Waals surface area (Å²) in [5.41, 5.74) is 1.17. The molecule has 3 heteroatoms. The maximum atomic E-state index is 5.95. The molecule has 1 rings (SSSR count). The molecule has 74 valence electrons. The molecule has 0 bridgehead atoms. The number of benzene rings is 1. The minimum absolute atomic E-state index is 0.602. The van der Waals surface area contributed by atoms with Crippen LogP contribution in [-0.4, -0.2) is 30.2 Å². The average molecular weight is 210 g/mol. The summed E-state index contributed by atoms with van der Waals surface area (Å²) in [5, 5.41) is 0.602. The van der Waals surface area contributed by atoms with Gasteiger partial charge in [0.15, 0.2) is 0 Å². The van der Waals surface area contributed by atoms with E-state index >= 15 is 0 Å². The third-order valence-electron chi connectivity index (χ3n) is 1.62. The summed E-state index contributed by atoms with van der Waals surface area (Å²) in [5.74, 6) is 0. The van der Waals surface area contributed by atoms with Crippen molar-refractivity contribution in [1.82, 2.24) is 0 Å². The predicted molar refractivity (Wildman–Crippen MR) is 61.6 cm³/mol. The van der Waals surface area contributed by atoms with E-state index in [1.54, 1.807) is 6.34 Å². The van der Waals surface area contributed by atoms with Crippen LogP contribution in [0, 0.1) is 0 Å². The van der Waals surface area contributed by atoms with Crippen molar-refractivity contribution in [2.45, 2.75) is 6.42 Å². The Bertz CT molecular complexity index is 338. The molecule has 0 unspecified atom stereocenters. The van der Waals surface area contributed by atoms with E-state index in [9.17, 15) is 0 Å². The van der Waals surface area contributed by atoms with Crippen LogP contribution in [0.5, 0.6) is 0 Å². The monoisotopic (exact) mass is 209 g/mol. The zero-order valence-electron chi connectivity index (χ0n) is 8.44. The van der Waals surface area contributed by atoms with Crippen molar-refractivity contribution in [2.75, 3.05) is 14.1 Å². The van der Waals surface area contributed by atoms with Gasteiger partial charge in [0.2, 0.25) is 5.17 Å². The Balaban J connectivity index is 2.62. The molecule has 0 aliphatic carbocycles. The number of aliphatic imine (C=N–C) groups is 1. The molecule has 1 aromatic carbocycles. The Morgan fingerprint density at radius 2 is 2.00 bits per heavy atom. The fourth-order valence-corrected chi connectivity index (χ4v) is 1.19. The first-order valence-corrected chi connectivity index (χ1v) is 4.82. The van der Waals surface area contributed by atoms with Crippen LogP contribution in [0.3, 0.4) is 0 Å². The first-order valence-electron chi connectivity index (χ1n) is 4.44. The second-order valence-corrected chi connectivity index (χ2v) is 3.68. The zero-order valence-corrected chi connectivity index (χ0v) is 9.20. The van der Waals surface area contributed by atoms with Gasteiger partial charge in [-0.25, -0.2) is 0 Å². The minimum atomic E-state index is 0.602. The van der Waals surface area contributed by atoms with E-state index in [0.717, 1.165) is 0 Å². The Morgan fingerprint density at radius 3 is 2.57 bits per heavy atom. The number of rotatable bonds is 3. The van der Waals surface area contributed by atoms with Gasteiger partial charge in [-0.05, 0) is 22.2 Å². The summed E-state index contributed by atoms with van der Waals surface area (Å²) in [6.45, 7) is 0. The first kappa shape index (κ1) is 10.9. The van der Waals surface area contributed by atoms with Gasteiger partial charge in [0.1, 0.15) is 0 Å². The molecule has 0 heterocycles. The Kier molecular flexibility index (Phi) is 4.33. The van der Waals surface area contributed by atoms with Gasteiger partial charge in [0.25, 0.3) is 6.34 Å². The molecule has 2 nitrogen and oxygen atoms in total. The van der Waals surface area contributed by atoms with E-state index in [2.05, 4.69) is 4.99 Å². The number of halogens is 1. The normalized spacial score (nSPS) is 11.2. The van der Waals surface area contributed by atoms with Crippen LogP contribution in [0.1, 0.15) is 5.56 Å². The molecule has 0 amide bonds. The van der Waals surface area contributed by atoms with E-state index in [1.165, 1.54) is 5.56 Å². The highest BCUT2D eigenvalue weighted by molar-refractivity contribution is 6.66. The molecule has 0 radical (unpaired) electrons. The van der Waals surface area contributed by atoms with Gasteiger partial charge in [0.05, 0.1) is 20.5 Å². The molecule has 0 atom stereocenters. The molecule has 1 aromatic rings. The summed E-state index contributed by atoms with van der Waals surface area (Å²) in [7, 11) is 3.83. The van der Waals surface area contributed by atoms with Gasteiger partial charge in [0, 0.05) is 0 Å². The molecule has 0 aromatic heterocycles. The number of hydrogen-bond acceptors (Lipinski definition) is 0. The Labute approximate surface area is 89.6 Å². The minimum Gasteiger partial charge on any atom is -0.270 e. The quantitative estimate of drug-likeness (QED) is 0.412. The van der Waals surface area contributed by atoms with Gasteiger partial charge in [-0.3, -0.25) is 4.58 Å². The molecular formula is C11H14ClN2+. The average Bonchev–Trinajstić information content (AvgIpc) is 2.16. The first-order chi connectivity index (χ1) is 6.68. The summed E-state index contributed by atoms with van der Waals surface area (Å²) in [4.78, 5) is 4.10. The van der Waals surface area contributed by atoms with Crippen LogP contribution >= 0.6 is 11.6 Å². The van der Waals surface area contributed by atoms with Crippen molar-refractivity contribution in [1.29, 1.82) is 0 Å². The molecule has 0 saturated heterocycles. The van der Waals surface area contributed by atoms with E-state index in [4.69, 9.17) is 11.6 Å². The topological polar surface area (TPSA) is 15.4 Å². The van der Waals surface area contributed by atoms with Gasteiger partial charge >= 0.3 is 0 Å². The van der Waals surface area contributed by atoms with Gasteiger partial charge in [-0.15, -0.1) is 0 Å². The van der Waals surface area contributed by atoms with Crippen LogP contribution in [0.15, 0.2) is 35.3 Å². The van der Waals surface area contributed by atoms with Gasteiger partial charge in [-0.2, -0.15) is 0 Å². The van der Waals surface area contributed by atoms with Crippen molar-refractivity contribution in [3.63, 3.8) is 0 Å². The Hall–Kier alpha value is -1.15. The number of nitrogens with zero attached hydrogens (tertiary/aromatic N) is 2. The second kappa shape index (κ2) is 5.55. The van der Waals surface area contributed by atoms with Crippen LogP contribution in [0.2, 0.25) is 0 Å². The molecule has 0 spiro atoms. The molecule has 0 aliphatic heterocycles. The molecule has 14 heavy (non-hydrogen) atoms. The predicted octanol–water partition coefficient (Wildman–Crippen LogP) is 2.17. The van der Waals surface area contributed by atoms with Crippen LogP contribution in [0.25, 0.3) is 0 Å². The fourth-order valence-electron chi connectivity index (χ4n) is 0.988. The summed E-state index contributed by atoms with van der Waals surface area (Å²) < 4.78 is 1.85. The second-order valence-electron chi connectivity index (χ2n) is 3.25. The van der Waals surface area contributed by atoms with Crippen LogP contribution < -0.4 is 0 Å². The third kappa shape index (κ3) is 4.19. The van der Waals surface area contributed by atoms with Crippen LogP contribution in [-0.2, 0) is 6.42 Å². The summed E-state index contributed by atoms with van der Waals surface area (Å²) in [6, 6.07) is 10.0. The molecule has 0 aliphatic rings. The van der Waals surface area contributed by atoms with Crippen molar-refractivity contribution in [2.24, 2.45) is 4.99 Å². The Morgan fingerprint density at radius 1 is 1.36 bits per heavy atom. The maximum Gasteiger partial charge on any atom is 0.282 e. The van der Waals surface area contributed by atoms with E-state index in [-0.39, 0.29) is 0 Å². The highest BCUT2D eigenvalue weighted by Crippen LogP contribution is 2.02. The third-order valence-corrected chi connectivity index (χ3v) is 1.85. The van der Waals surface area contributed by atoms with Crippen molar-refractivity contribution >= 4 is 23.1 Å². The standard InChI is InChI=1S/C11H14ClN2/c1-14(2)9-13-11(12)8-10-6-4-3-5-7-10/h3-7,9H,8H2,1-2H3/q+1. The highest BCUT2D eigenvalue weighted by atomic mass is 35.5. The highest BCUT2D eigenvalue weighted by Gasteiger charge is 2.01. The molecule has 0 saturated carbocycles. The lowest BCUT2D eigenvalue weighted by molar-refractivity contribution is -0.460. The molecule has 0 N–H and O–H groups in total. The fraction of sp³-hybridized carbons (Fsp3) is 0.273. The molecule has 0 fully saturated rings. The van der Waals surface area contributed by atoms with E-state index in [1.807, 2.05) is 49.0 Å². The SMILES string of the molecule is C[N+](C)=CN=C(Cl)Cc1ccccc1. The van der Waals surface area contributed by atoms with Crippen molar-refractivity contribution in [3.8, 4) is 0 Å². The largest absolute Gasteiger partial charge is 0.282 e. The smallest absolute Gasteiger partial charge is 0.270 e. The van der Waals surface area contributed by atoms with Crippen molar-refractivity contribution < 1.29 is 4.58 Å². The number of hydrogen-bond donors (Lipinski definition) is 0. The van der Waals surface area contributed by atoms with E-state index < -0.39 is 0 Å². The lowest BCUT2D eigenvalue weighted by atomic mass is 10.2. The molecular weight excluding hydrogens is 196 g/mol. The van der Waals surface area contributed by atoms with Crippen molar-refractivity contribution in [3.05, 3.63) is 35.9 Å². The van der Waals surface area contributed by atoms with Gasteiger partial charge in [-0.1, -0.05) is 30.3 Å². The van der Waals surface area contributed by atoms with Crippen LogP contribution in [0.4, 0.5) is 0 Å².